The Morgan fingerprint density at radius 2 is 2.00 bits per heavy atom. The molecule has 1 aliphatic heterocycles. The van der Waals surface area contributed by atoms with Gasteiger partial charge in [0.25, 0.3) is 5.69 Å². The van der Waals surface area contributed by atoms with Crippen molar-refractivity contribution in [2.75, 3.05) is 6.54 Å². The summed E-state index contributed by atoms with van der Waals surface area (Å²) in [6.45, 7) is 0.609. The van der Waals surface area contributed by atoms with Crippen molar-refractivity contribution in [3.63, 3.8) is 0 Å². The third-order valence-electron chi connectivity index (χ3n) is 4.77. The third kappa shape index (κ3) is 3.62. The molecule has 0 amide bonds. The predicted molar refractivity (Wildman–Crippen MR) is 96.6 cm³/mol. The molecule has 0 radical (unpaired) electrons. The summed E-state index contributed by atoms with van der Waals surface area (Å²) in [7, 11) is 0. The van der Waals surface area contributed by atoms with Crippen molar-refractivity contribution < 1.29 is 18.9 Å². The summed E-state index contributed by atoms with van der Waals surface area (Å²) >= 11 is 0. The summed E-state index contributed by atoms with van der Waals surface area (Å²) in [6, 6.07) is 11.9. The molecule has 0 unspecified atom stereocenters. The molecule has 2 atom stereocenters. The first kappa shape index (κ1) is 18.2. The van der Waals surface area contributed by atoms with Crippen LogP contribution in [0.2, 0.25) is 0 Å². The topological polar surface area (TPSA) is 106 Å². The van der Waals surface area contributed by atoms with Crippen LogP contribution in [-0.2, 0) is 6.54 Å². The second-order valence-corrected chi connectivity index (χ2v) is 6.68. The van der Waals surface area contributed by atoms with Gasteiger partial charge in [-0.15, -0.1) is 0 Å². The number of aliphatic hydroxyl groups is 1. The van der Waals surface area contributed by atoms with Crippen LogP contribution >= 0.6 is 0 Å². The van der Waals surface area contributed by atoms with Crippen molar-refractivity contribution in [3.05, 3.63) is 75.9 Å². The Kier molecular flexibility index (Phi) is 4.84. The van der Waals surface area contributed by atoms with Gasteiger partial charge in [-0.25, -0.2) is 4.39 Å². The first-order chi connectivity index (χ1) is 13.5. The van der Waals surface area contributed by atoms with Gasteiger partial charge in [-0.3, -0.25) is 15.0 Å². The van der Waals surface area contributed by atoms with Crippen LogP contribution in [0.4, 0.5) is 10.1 Å². The SMILES string of the molecule is O=[N+]([O-])c1ccccc1CN1C[C@H](O)C[C@H]1c1nc(-c2ccc(F)cc2)no1. The van der Waals surface area contributed by atoms with E-state index >= 15 is 0 Å². The molecule has 0 aliphatic carbocycles. The van der Waals surface area contributed by atoms with Gasteiger partial charge >= 0.3 is 0 Å². The molecule has 8 nitrogen and oxygen atoms in total. The number of nitro groups is 1. The van der Waals surface area contributed by atoms with Crippen LogP contribution < -0.4 is 0 Å². The number of likely N-dealkylation sites (tertiary alicyclic amines) is 1. The van der Waals surface area contributed by atoms with E-state index in [1.807, 2.05) is 4.90 Å². The Bertz CT molecular complexity index is 992. The number of hydrogen-bond acceptors (Lipinski definition) is 7. The zero-order valence-corrected chi connectivity index (χ0v) is 14.7. The average molecular weight is 384 g/mol. The molecule has 3 aromatic rings. The second-order valence-electron chi connectivity index (χ2n) is 6.68. The van der Waals surface area contributed by atoms with E-state index in [0.717, 1.165) is 0 Å². The fourth-order valence-corrected chi connectivity index (χ4v) is 3.44. The van der Waals surface area contributed by atoms with Gasteiger partial charge in [-0.05, 0) is 30.7 Å². The minimum Gasteiger partial charge on any atom is -0.392 e. The smallest absolute Gasteiger partial charge is 0.273 e. The molecule has 4 rings (SSSR count). The Hall–Kier alpha value is -3.17. The van der Waals surface area contributed by atoms with Crippen LogP contribution in [0, 0.1) is 15.9 Å². The molecule has 2 aromatic carbocycles. The number of aromatic nitrogens is 2. The number of benzene rings is 2. The summed E-state index contributed by atoms with van der Waals surface area (Å²) in [5, 5.41) is 25.3. The van der Waals surface area contributed by atoms with E-state index in [9.17, 15) is 19.6 Å². The fraction of sp³-hybridized carbons (Fsp3) is 0.263. The molecule has 0 spiro atoms. The third-order valence-corrected chi connectivity index (χ3v) is 4.77. The molecule has 1 aromatic heterocycles. The normalized spacial score (nSPS) is 19.8. The molecule has 1 aliphatic rings. The highest BCUT2D eigenvalue weighted by molar-refractivity contribution is 5.53. The maximum Gasteiger partial charge on any atom is 0.273 e. The predicted octanol–water partition coefficient (Wildman–Crippen LogP) is 3.09. The second kappa shape index (κ2) is 7.45. The number of hydrogen-bond donors (Lipinski definition) is 1. The Morgan fingerprint density at radius 1 is 1.25 bits per heavy atom. The summed E-state index contributed by atoms with van der Waals surface area (Å²) in [6.07, 6.45) is -0.222. The molecule has 9 heteroatoms. The number of β-amino-alcohol motifs (C(OH)–C–C–N with tert-alkyl or cyclic N) is 1. The van der Waals surface area contributed by atoms with Gasteiger partial charge in [0.1, 0.15) is 5.82 Å². The molecule has 1 saturated heterocycles. The number of aliphatic hydroxyl groups excluding tert-OH is 1. The molecule has 144 valence electrons. The van der Waals surface area contributed by atoms with Crippen molar-refractivity contribution in [1.82, 2.24) is 15.0 Å². The summed E-state index contributed by atoms with van der Waals surface area (Å²) in [5.41, 5.74) is 1.19. The highest BCUT2D eigenvalue weighted by atomic mass is 19.1. The molecule has 0 saturated carbocycles. The van der Waals surface area contributed by atoms with Gasteiger partial charge in [-0.1, -0.05) is 23.4 Å². The Morgan fingerprint density at radius 3 is 2.75 bits per heavy atom. The van der Waals surface area contributed by atoms with Crippen LogP contribution in [-0.4, -0.2) is 37.7 Å². The van der Waals surface area contributed by atoms with Crippen LogP contribution in [0.1, 0.15) is 23.9 Å². The molecule has 1 fully saturated rings. The minimum atomic E-state index is -0.603. The number of nitro benzene ring substituents is 1. The number of para-hydroxylation sites is 1. The highest BCUT2D eigenvalue weighted by Crippen LogP contribution is 2.34. The maximum atomic E-state index is 13.1. The first-order valence-electron chi connectivity index (χ1n) is 8.75. The molecular weight excluding hydrogens is 367 g/mol. The van der Waals surface area contributed by atoms with Gasteiger partial charge in [-0.2, -0.15) is 4.98 Å². The monoisotopic (exact) mass is 384 g/mol. The lowest BCUT2D eigenvalue weighted by molar-refractivity contribution is -0.385. The quantitative estimate of drug-likeness (QED) is 0.532. The lowest BCUT2D eigenvalue weighted by atomic mass is 10.1. The van der Waals surface area contributed by atoms with E-state index in [1.165, 1.54) is 18.2 Å². The van der Waals surface area contributed by atoms with E-state index in [-0.39, 0.29) is 24.1 Å². The molecule has 28 heavy (non-hydrogen) atoms. The molecule has 1 N–H and O–H groups in total. The van der Waals surface area contributed by atoms with E-state index in [2.05, 4.69) is 10.1 Å². The zero-order chi connectivity index (χ0) is 19.7. The van der Waals surface area contributed by atoms with E-state index in [0.29, 0.717) is 35.8 Å². The van der Waals surface area contributed by atoms with Crippen LogP contribution in [0.5, 0.6) is 0 Å². The van der Waals surface area contributed by atoms with E-state index < -0.39 is 11.0 Å². The summed E-state index contributed by atoms with van der Waals surface area (Å²) in [5.74, 6) is 0.276. The fourth-order valence-electron chi connectivity index (χ4n) is 3.44. The van der Waals surface area contributed by atoms with Crippen LogP contribution in [0.15, 0.2) is 53.1 Å². The van der Waals surface area contributed by atoms with E-state index in [4.69, 9.17) is 4.52 Å². The summed E-state index contributed by atoms with van der Waals surface area (Å²) in [4.78, 5) is 17.1. The molecule has 2 heterocycles. The van der Waals surface area contributed by atoms with Gasteiger partial charge in [0, 0.05) is 30.3 Å². The Balaban J connectivity index is 1.59. The number of rotatable bonds is 5. The largest absolute Gasteiger partial charge is 0.392 e. The van der Waals surface area contributed by atoms with Crippen molar-refractivity contribution >= 4 is 5.69 Å². The standard InChI is InChI=1S/C19H17FN4O4/c20-14-7-5-12(6-8-14)18-21-19(28-22-18)17-9-15(25)11-23(17)10-13-3-1-2-4-16(13)24(26)27/h1-8,15,17,25H,9-11H2/t15-,17+/m1/s1. The van der Waals surface area contributed by atoms with Gasteiger partial charge in [0.15, 0.2) is 0 Å². The molecular formula is C19H17FN4O4. The maximum absolute atomic E-state index is 13.1. The number of halogens is 1. The summed E-state index contributed by atoms with van der Waals surface area (Å²) < 4.78 is 18.5. The Labute approximate surface area is 159 Å². The minimum absolute atomic E-state index is 0.0279. The van der Waals surface area contributed by atoms with Crippen molar-refractivity contribution in [2.24, 2.45) is 0 Å². The van der Waals surface area contributed by atoms with Crippen molar-refractivity contribution in [2.45, 2.75) is 25.1 Å². The highest BCUT2D eigenvalue weighted by Gasteiger charge is 2.36. The van der Waals surface area contributed by atoms with Crippen LogP contribution in [0.3, 0.4) is 0 Å². The van der Waals surface area contributed by atoms with E-state index in [1.54, 1.807) is 30.3 Å². The van der Waals surface area contributed by atoms with Gasteiger partial charge in [0.2, 0.25) is 11.7 Å². The lowest BCUT2D eigenvalue weighted by Gasteiger charge is -2.21. The van der Waals surface area contributed by atoms with Crippen molar-refractivity contribution in [3.8, 4) is 11.4 Å². The zero-order valence-electron chi connectivity index (χ0n) is 14.7. The number of nitrogens with zero attached hydrogens (tertiary/aromatic N) is 4. The molecule has 0 bridgehead atoms. The first-order valence-corrected chi connectivity index (χ1v) is 8.75. The average Bonchev–Trinajstić information content (AvgIpc) is 3.29. The van der Waals surface area contributed by atoms with Crippen molar-refractivity contribution in [1.29, 1.82) is 0 Å². The van der Waals surface area contributed by atoms with Gasteiger partial charge in [0.05, 0.1) is 17.1 Å². The lowest BCUT2D eigenvalue weighted by Crippen LogP contribution is -2.25. The van der Waals surface area contributed by atoms with Gasteiger partial charge < -0.3 is 9.63 Å². The van der Waals surface area contributed by atoms with Crippen LogP contribution in [0.25, 0.3) is 11.4 Å².